The fraction of sp³-hybridized carbons (Fsp3) is 0.800. The third kappa shape index (κ3) is 1.22. The number of carbonyl (C=O) groups is 1. The Morgan fingerprint density at radius 3 is 2.36 bits per heavy atom. The molecule has 1 fully saturated rings. The van der Waals surface area contributed by atoms with Gasteiger partial charge < -0.3 is 0 Å². The number of alkyl halides is 1. The second kappa shape index (κ2) is 2.44. The lowest BCUT2D eigenvalue weighted by molar-refractivity contribution is -0.108. The van der Waals surface area contributed by atoms with Crippen molar-refractivity contribution in [3.05, 3.63) is 0 Å². The largest absolute Gasteiger partial charge is 0.278 e. The van der Waals surface area contributed by atoms with Crippen molar-refractivity contribution in [1.29, 1.82) is 0 Å². The molecule has 4 nitrogen and oxygen atoms in total. The van der Waals surface area contributed by atoms with E-state index in [4.69, 9.17) is 0 Å². The fourth-order valence-corrected chi connectivity index (χ4v) is 1.96. The smallest absolute Gasteiger partial charge is 0.243 e. The maximum atomic E-state index is 12.1. The summed E-state index contributed by atoms with van der Waals surface area (Å²) < 4.78 is 34.4. The fourth-order valence-electron chi connectivity index (χ4n) is 0.802. The molecule has 1 amide bonds. The van der Waals surface area contributed by atoms with Crippen LogP contribution in [0.3, 0.4) is 0 Å². The molecular formula is C5H8FNO3S. The predicted octanol–water partition coefficient (Wildman–Crippen LogP) is -0.436. The molecule has 0 aromatic rings. The van der Waals surface area contributed by atoms with Crippen molar-refractivity contribution in [2.75, 3.05) is 6.67 Å². The van der Waals surface area contributed by atoms with E-state index in [0.717, 1.165) is 0 Å². The first kappa shape index (κ1) is 8.45. The van der Waals surface area contributed by atoms with Crippen molar-refractivity contribution in [2.45, 2.75) is 17.6 Å². The number of halogens is 1. The minimum absolute atomic E-state index is 0.0606. The lowest BCUT2D eigenvalue weighted by atomic mass is 10.5. The second-order valence-electron chi connectivity index (χ2n) is 2.56. The summed E-state index contributed by atoms with van der Waals surface area (Å²) in [5.41, 5.74) is 0. The Hall–Kier alpha value is -0.650. The standard InChI is InChI=1S/C5H8FNO3S/c6-3-5(1-2-5)11(9,10)7-4-8/h4H,1-3H2,(H,7,8). The van der Waals surface area contributed by atoms with Gasteiger partial charge in [0.1, 0.15) is 11.4 Å². The lowest BCUT2D eigenvalue weighted by Crippen LogP contribution is -2.36. The van der Waals surface area contributed by atoms with Gasteiger partial charge in [0.15, 0.2) is 0 Å². The number of amides is 1. The Labute approximate surface area is 63.8 Å². The predicted molar refractivity (Wildman–Crippen MR) is 36.1 cm³/mol. The normalized spacial score (nSPS) is 20.8. The molecule has 1 rings (SSSR count). The van der Waals surface area contributed by atoms with Crippen molar-refractivity contribution in [2.24, 2.45) is 0 Å². The lowest BCUT2D eigenvalue weighted by Gasteiger charge is -2.09. The summed E-state index contributed by atoms with van der Waals surface area (Å²) in [7, 11) is -3.74. The summed E-state index contributed by atoms with van der Waals surface area (Å²) in [5.74, 6) is 0. The van der Waals surface area contributed by atoms with E-state index in [0.29, 0.717) is 12.8 Å². The van der Waals surface area contributed by atoms with Gasteiger partial charge in [0.05, 0.1) is 0 Å². The topological polar surface area (TPSA) is 63.2 Å². The Bertz CT molecular complexity index is 257. The highest BCUT2D eigenvalue weighted by Gasteiger charge is 2.55. The minimum Gasteiger partial charge on any atom is -0.278 e. The summed E-state index contributed by atoms with van der Waals surface area (Å²) in [6, 6.07) is 0. The first-order chi connectivity index (χ1) is 5.08. The zero-order chi connectivity index (χ0) is 8.54. The molecule has 1 saturated carbocycles. The molecule has 64 valence electrons. The summed E-state index contributed by atoms with van der Waals surface area (Å²) in [5, 5.41) is 0. The number of carbonyl (C=O) groups excluding carboxylic acids is 1. The molecule has 0 aliphatic heterocycles. The van der Waals surface area contributed by atoms with Crippen molar-refractivity contribution >= 4 is 16.4 Å². The van der Waals surface area contributed by atoms with Gasteiger partial charge in [-0.3, -0.25) is 9.52 Å². The Balaban J connectivity index is 2.80. The van der Waals surface area contributed by atoms with Gasteiger partial charge in [0.2, 0.25) is 16.4 Å². The van der Waals surface area contributed by atoms with Gasteiger partial charge in [-0.15, -0.1) is 0 Å². The number of hydrogen-bond acceptors (Lipinski definition) is 3. The van der Waals surface area contributed by atoms with Crippen molar-refractivity contribution < 1.29 is 17.6 Å². The van der Waals surface area contributed by atoms with Gasteiger partial charge in [-0.25, -0.2) is 12.8 Å². The van der Waals surface area contributed by atoms with E-state index in [2.05, 4.69) is 0 Å². The van der Waals surface area contributed by atoms with E-state index in [1.807, 2.05) is 0 Å². The van der Waals surface area contributed by atoms with Crippen LogP contribution >= 0.6 is 0 Å². The molecule has 0 spiro atoms. The van der Waals surface area contributed by atoms with Crippen LogP contribution in [-0.4, -0.2) is 26.2 Å². The third-order valence-corrected chi connectivity index (χ3v) is 3.89. The summed E-state index contributed by atoms with van der Waals surface area (Å²) in [6.45, 7) is -0.920. The van der Waals surface area contributed by atoms with Crippen LogP contribution in [-0.2, 0) is 14.8 Å². The molecule has 11 heavy (non-hydrogen) atoms. The summed E-state index contributed by atoms with van der Waals surface area (Å²) in [6.07, 6.45) is 0.657. The first-order valence-electron chi connectivity index (χ1n) is 3.09. The van der Waals surface area contributed by atoms with E-state index >= 15 is 0 Å². The molecule has 1 N–H and O–H groups in total. The van der Waals surface area contributed by atoms with Gasteiger partial charge in [0.25, 0.3) is 0 Å². The summed E-state index contributed by atoms with van der Waals surface area (Å²) in [4.78, 5) is 9.80. The Morgan fingerprint density at radius 1 is 1.55 bits per heavy atom. The van der Waals surface area contributed by atoms with E-state index in [1.54, 1.807) is 4.72 Å². The number of sulfonamides is 1. The second-order valence-corrected chi connectivity index (χ2v) is 4.66. The van der Waals surface area contributed by atoms with Crippen LogP contribution in [0.25, 0.3) is 0 Å². The van der Waals surface area contributed by atoms with Gasteiger partial charge >= 0.3 is 0 Å². The van der Waals surface area contributed by atoms with Gasteiger partial charge in [-0.2, -0.15) is 0 Å². The van der Waals surface area contributed by atoms with Crippen LogP contribution in [0.2, 0.25) is 0 Å². The minimum atomic E-state index is -3.74. The zero-order valence-corrected chi connectivity index (χ0v) is 6.53. The summed E-state index contributed by atoms with van der Waals surface area (Å²) >= 11 is 0. The van der Waals surface area contributed by atoms with Crippen molar-refractivity contribution in [3.63, 3.8) is 0 Å². The average Bonchev–Trinajstić information content (AvgIpc) is 2.66. The molecule has 1 aliphatic carbocycles. The van der Waals surface area contributed by atoms with Gasteiger partial charge in [-0.1, -0.05) is 0 Å². The quantitative estimate of drug-likeness (QED) is 0.598. The number of hydrogen-bond donors (Lipinski definition) is 1. The number of nitrogens with one attached hydrogen (secondary N) is 1. The molecule has 0 bridgehead atoms. The Morgan fingerprint density at radius 2 is 2.09 bits per heavy atom. The molecule has 6 heteroatoms. The van der Waals surface area contributed by atoms with Crippen LogP contribution in [0, 0.1) is 0 Å². The monoisotopic (exact) mass is 181 g/mol. The molecule has 0 heterocycles. The van der Waals surface area contributed by atoms with Gasteiger partial charge in [0, 0.05) is 0 Å². The van der Waals surface area contributed by atoms with E-state index in [1.165, 1.54) is 0 Å². The Kier molecular flexibility index (Phi) is 1.87. The highest BCUT2D eigenvalue weighted by atomic mass is 32.2. The molecule has 1 aliphatic rings. The zero-order valence-electron chi connectivity index (χ0n) is 5.71. The molecule has 0 aromatic heterocycles. The molecule has 0 atom stereocenters. The maximum absolute atomic E-state index is 12.1. The molecule has 0 radical (unpaired) electrons. The van der Waals surface area contributed by atoms with Crippen LogP contribution < -0.4 is 4.72 Å². The molecule has 0 aromatic carbocycles. The van der Waals surface area contributed by atoms with E-state index < -0.39 is 21.4 Å². The highest BCUT2D eigenvalue weighted by Crippen LogP contribution is 2.42. The molecular weight excluding hydrogens is 173 g/mol. The van der Waals surface area contributed by atoms with E-state index in [-0.39, 0.29) is 6.41 Å². The van der Waals surface area contributed by atoms with E-state index in [9.17, 15) is 17.6 Å². The first-order valence-corrected chi connectivity index (χ1v) is 4.58. The van der Waals surface area contributed by atoms with Gasteiger partial charge in [-0.05, 0) is 12.8 Å². The number of rotatable bonds is 4. The van der Waals surface area contributed by atoms with Crippen molar-refractivity contribution in [1.82, 2.24) is 4.72 Å². The average molecular weight is 181 g/mol. The van der Waals surface area contributed by atoms with Crippen molar-refractivity contribution in [3.8, 4) is 0 Å². The van der Waals surface area contributed by atoms with Crippen LogP contribution in [0.5, 0.6) is 0 Å². The maximum Gasteiger partial charge on any atom is 0.243 e. The van der Waals surface area contributed by atoms with Crippen LogP contribution in [0.1, 0.15) is 12.8 Å². The SMILES string of the molecule is O=CNS(=O)(=O)C1(CF)CC1. The highest BCUT2D eigenvalue weighted by molar-refractivity contribution is 7.91. The molecule has 0 unspecified atom stereocenters. The van der Waals surface area contributed by atoms with Crippen LogP contribution in [0.4, 0.5) is 4.39 Å². The van der Waals surface area contributed by atoms with Crippen LogP contribution in [0.15, 0.2) is 0 Å². The molecule has 0 saturated heterocycles. The third-order valence-electron chi connectivity index (χ3n) is 1.82.